The van der Waals surface area contributed by atoms with E-state index in [2.05, 4.69) is 4.98 Å². The molecule has 152 valence electrons. The lowest BCUT2D eigenvalue weighted by atomic mass is 10.1. The average molecular weight is 457 g/mol. The van der Waals surface area contributed by atoms with E-state index < -0.39 is 9.84 Å². The first kappa shape index (κ1) is 20.5. The maximum atomic E-state index is 13.4. The van der Waals surface area contributed by atoms with Crippen LogP contribution in [0.4, 0.5) is 5.13 Å². The molecule has 0 fully saturated rings. The summed E-state index contributed by atoms with van der Waals surface area (Å²) < 4.78 is 24.3. The molecule has 0 radical (unpaired) electrons. The predicted octanol–water partition coefficient (Wildman–Crippen LogP) is 5.20. The second-order valence-corrected chi connectivity index (χ2v) is 10.2. The van der Waals surface area contributed by atoms with E-state index in [1.807, 2.05) is 42.5 Å². The molecule has 0 aliphatic carbocycles. The third-order valence-corrected chi connectivity index (χ3v) is 6.93. The molecule has 1 amide bonds. The Morgan fingerprint density at radius 2 is 1.73 bits per heavy atom. The molecule has 0 aliphatic rings. The second-order valence-electron chi connectivity index (χ2n) is 6.78. The van der Waals surface area contributed by atoms with E-state index in [1.54, 1.807) is 11.0 Å². The number of aromatic nitrogens is 1. The van der Waals surface area contributed by atoms with Gasteiger partial charge in [0, 0.05) is 16.8 Å². The third-order valence-electron chi connectivity index (χ3n) is 4.53. The molecule has 4 rings (SSSR count). The third kappa shape index (κ3) is 4.38. The summed E-state index contributed by atoms with van der Waals surface area (Å²) in [4.78, 5) is 19.8. The summed E-state index contributed by atoms with van der Waals surface area (Å²) in [6.07, 6.45) is 1.14. The van der Waals surface area contributed by atoms with Crippen LogP contribution in [0.2, 0.25) is 5.02 Å². The maximum absolute atomic E-state index is 13.4. The Hall–Kier alpha value is -2.74. The standard InChI is InChI=1S/C22H17ClN2O3S2/c1-30(27,28)18-10-7-16(8-11-18)21(26)25(14-15-5-3-2-4-6-15)22-24-19-12-9-17(23)13-20(19)29-22/h2-13H,14H2,1H3. The van der Waals surface area contributed by atoms with Crippen LogP contribution in [0, 0.1) is 0 Å². The van der Waals surface area contributed by atoms with Crippen LogP contribution in [0.25, 0.3) is 10.2 Å². The van der Waals surface area contributed by atoms with Gasteiger partial charge in [0.1, 0.15) is 0 Å². The summed E-state index contributed by atoms with van der Waals surface area (Å²) in [6.45, 7) is 0.334. The number of hydrogen-bond acceptors (Lipinski definition) is 5. The van der Waals surface area contributed by atoms with Crippen LogP contribution in [0.5, 0.6) is 0 Å². The molecule has 0 unspecified atom stereocenters. The molecule has 0 saturated carbocycles. The largest absolute Gasteiger partial charge is 0.279 e. The van der Waals surface area contributed by atoms with Crippen molar-refractivity contribution in [2.45, 2.75) is 11.4 Å². The number of fused-ring (bicyclic) bond motifs is 1. The molecule has 0 saturated heterocycles. The molecule has 0 spiro atoms. The molecule has 30 heavy (non-hydrogen) atoms. The van der Waals surface area contributed by atoms with Crippen LogP contribution in [0.1, 0.15) is 15.9 Å². The quantitative estimate of drug-likeness (QED) is 0.414. The fourth-order valence-electron chi connectivity index (χ4n) is 2.99. The zero-order valence-corrected chi connectivity index (χ0v) is 18.3. The number of sulfone groups is 1. The Balaban J connectivity index is 1.75. The zero-order valence-electron chi connectivity index (χ0n) is 15.9. The van der Waals surface area contributed by atoms with Crippen LogP contribution < -0.4 is 4.90 Å². The molecule has 1 heterocycles. The molecule has 0 N–H and O–H groups in total. The van der Waals surface area contributed by atoms with Crippen LogP contribution in [0.15, 0.2) is 77.7 Å². The van der Waals surface area contributed by atoms with Crippen molar-refractivity contribution in [2.24, 2.45) is 0 Å². The number of thiazole rings is 1. The molecule has 4 aromatic rings. The highest BCUT2D eigenvalue weighted by molar-refractivity contribution is 7.90. The predicted molar refractivity (Wildman–Crippen MR) is 121 cm³/mol. The van der Waals surface area contributed by atoms with Gasteiger partial charge in [-0.05, 0) is 48.0 Å². The maximum Gasteiger partial charge on any atom is 0.260 e. The van der Waals surface area contributed by atoms with Gasteiger partial charge in [-0.15, -0.1) is 0 Å². The topological polar surface area (TPSA) is 67.3 Å². The Morgan fingerprint density at radius 3 is 2.40 bits per heavy atom. The van der Waals surface area contributed by atoms with E-state index in [9.17, 15) is 13.2 Å². The lowest BCUT2D eigenvalue weighted by Crippen LogP contribution is -2.30. The van der Waals surface area contributed by atoms with Crippen molar-refractivity contribution in [1.82, 2.24) is 4.98 Å². The van der Waals surface area contributed by atoms with Gasteiger partial charge in [0.05, 0.1) is 21.7 Å². The lowest BCUT2D eigenvalue weighted by Gasteiger charge is -2.20. The lowest BCUT2D eigenvalue weighted by molar-refractivity contribution is 0.0985. The number of nitrogens with zero attached hydrogens (tertiary/aromatic N) is 2. The number of anilines is 1. The zero-order chi connectivity index (χ0) is 21.3. The first-order valence-electron chi connectivity index (χ1n) is 9.03. The minimum absolute atomic E-state index is 0.170. The number of amides is 1. The second kappa shape index (κ2) is 8.18. The Labute approximate surface area is 183 Å². The molecular weight excluding hydrogens is 440 g/mol. The van der Waals surface area contributed by atoms with Gasteiger partial charge in [-0.25, -0.2) is 13.4 Å². The van der Waals surface area contributed by atoms with Crippen LogP contribution in [-0.2, 0) is 16.4 Å². The highest BCUT2D eigenvalue weighted by Gasteiger charge is 2.22. The van der Waals surface area contributed by atoms with Gasteiger partial charge in [0.15, 0.2) is 15.0 Å². The Kier molecular flexibility index (Phi) is 5.60. The van der Waals surface area contributed by atoms with E-state index in [-0.39, 0.29) is 10.8 Å². The molecule has 0 aliphatic heterocycles. The molecule has 1 aromatic heterocycles. The summed E-state index contributed by atoms with van der Waals surface area (Å²) in [6, 6.07) is 21.0. The number of halogens is 1. The van der Waals surface area contributed by atoms with E-state index in [4.69, 9.17) is 11.6 Å². The summed E-state index contributed by atoms with van der Waals surface area (Å²) in [5, 5.41) is 1.16. The van der Waals surface area contributed by atoms with Crippen molar-refractivity contribution in [3.05, 3.63) is 88.9 Å². The molecule has 0 bridgehead atoms. The van der Waals surface area contributed by atoms with E-state index in [0.717, 1.165) is 22.0 Å². The van der Waals surface area contributed by atoms with Gasteiger partial charge < -0.3 is 0 Å². The monoisotopic (exact) mass is 456 g/mol. The smallest absolute Gasteiger partial charge is 0.260 e. The fourth-order valence-corrected chi connectivity index (χ4v) is 4.86. The van der Waals surface area contributed by atoms with Gasteiger partial charge in [-0.3, -0.25) is 9.69 Å². The summed E-state index contributed by atoms with van der Waals surface area (Å²) >= 11 is 7.48. The highest BCUT2D eigenvalue weighted by atomic mass is 35.5. The SMILES string of the molecule is CS(=O)(=O)c1ccc(C(=O)N(Cc2ccccc2)c2nc3ccc(Cl)cc3s2)cc1. The Bertz CT molecular complexity index is 1320. The van der Waals surface area contributed by atoms with Crippen molar-refractivity contribution in [2.75, 3.05) is 11.2 Å². The van der Waals surface area contributed by atoms with Crippen molar-refractivity contribution in [3.63, 3.8) is 0 Å². The van der Waals surface area contributed by atoms with E-state index >= 15 is 0 Å². The van der Waals surface area contributed by atoms with Gasteiger partial charge in [-0.2, -0.15) is 0 Å². The first-order valence-corrected chi connectivity index (χ1v) is 12.1. The number of carbonyl (C=O) groups is 1. The molecule has 8 heteroatoms. The van der Waals surface area contributed by atoms with Crippen molar-refractivity contribution >= 4 is 54.0 Å². The summed E-state index contributed by atoms with van der Waals surface area (Å²) in [5.41, 5.74) is 2.10. The van der Waals surface area contributed by atoms with E-state index in [1.165, 1.54) is 35.6 Å². The van der Waals surface area contributed by atoms with Gasteiger partial charge in [0.25, 0.3) is 5.91 Å². The number of rotatable bonds is 5. The van der Waals surface area contributed by atoms with Crippen LogP contribution >= 0.6 is 22.9 Å². The van der Waals surface area contributed by atoms with Crippen molar-refractivity contribution in [1.29, 1.82) is 0 Å². The molecular formula is C22H17ClN2O3S2. The van der Waals surface area contributed by atoms with Crippen molar-refractivity contribution in [3.8, 4) is 0 Å². The number of benzene rings is 3. The summed E-state index contributed by atoms with van der Waals surface area (Å²) in [5.74, 6) is -0.260. The molecule has 3 aromatic carbocycles. The fraction of sp³-hybridized carbons (Fsp3) is 0.0909. The molecule has 5 nitrogen and oxygen atoms in total. The van der Waals surface area contributed by atoms with Crippen molar-refractivity contribution < 1.29 is 13.2 Å². The van der Waals surface area contributed by atoms with Crippen LogP contribution in [-0.4, -0.2) is 25.6 Å². The number of hydrogen-bond donors (Lipinski definition) is 0. The highest BCUT2D eigenvalue weighted by Crippen LogP contribution is 2.32. The van der Waals surface area contributed by atoms with Crippen LogP contribution in [0.3, 0.4) is 0 Å². The molecule has 0 atom stereocenters. The van der Waals surface area contributed by atoms with Gasteiger partial charge >= 0.3 is 0 Å². The average Bonchev–Trinajstić information content (AvgIpc) is 3.14. The Morgan fingerprint density at radius 1 is 1.03 bits per heavy atom. The normalized spacial score (nSPS) is 11.5. The van der Waals surface area contributed by atoms with Gasteiger partial charge in [-0.1, -0.05) is 53.3 Å². The minimum Gasteiger partial charge on any atom is -0.279 e. The number of carbonyl (C=O) groups excluding carboxylic acids is 1. The minimum atomic E-state index is -3.34. The van der Waals surface area contributed by atoms with Gasteiger partial charge in [0.2, 0.25) is 0 Å². The van der Waals surface area contributed by atoms with E-state index in [0.29, 0.717) is 22.3 Å². The summed E-state index contributed by atoms with van der Waals surface area (Å²) in [7, 11) is -3.34. The first-order chi connectivity index (χ1) is 14.3.